The number of hydrogen-bond donors (Lipinski definition) is 2. The van der Waals surface area contributed by atoms with Crippen LogP contribution in [-0.4, -0.2) is 62.3 Å². The molecule has 1 amide bonds. The third-order valence-electron chi connectivity index (χ3n) is 2.87. The predicted octanol–water partition coefficient (Wildman–Crippen LogP) is -1.17. The molecule has 3 N–H and O–H groups in total. The third-order valence-corrected chi connectivity index (χ3v) is 5.17. The van der Waals surface area contributed by atoms with E-state index in [4.69, 9.17) is 10.5 Å². The molecule has 0 aliphatic carbocycles. The molecule has 0 radical (unpaired) electrons. The second kappa shape index (κ2) is 7.13. The SMILES string of the molecule is CC(C(N)=S)S(=O)(=O)NCCC(=O)N1CCOCC1. The largest absolute Gasteiger partial charge is 0.392 e. The normalized spacial score (nSPS) is 18.1. The Morgan fingerprint density at radius 2 is 2.05 bits per heavy atom. The second-order valence-corrected chi connectivity index (χ2v) is 6.78. The molecule has 0 spiro atoms. The lowest BCUT2D eigenvalue weighted by Crippen LogP contribution is -2.44. The van der Waals surface area contributed by atoms with E-state index in [2.05, 4.69) is 16.9 Å². The Labute approximate surface area is 118 Å². The van der Waals surface area contributed by atoms with Gasteiger partial charge in [0.2, 0.25) is 15.9 Å². The molecule has 1 unspecified atom stereocenters. The van der Waals surface area contributed by atoms with Crippen LogP contribution in [0, 0.1) is 0 Å². The predicted molar refractivity (Wildman–Crippen MR) is 75.2 cm³/mol. The summed E-state index contributed by atoms with van der Waals surface area (Å²) in [5, 5.41) is -0.944. The van der Waals surface area contributed by atoms with Gasteiger partial charge in [0.1, 0.15) is 5.25 Å². The Morgan fingerprint density at radius 1 is 1.47 bits per heavy atom. The summed E-state index contributed by atoms with van der Waals surface area (Å²) in [4.78, 5) is 13.3. The van der Waals surface area contributed by atoms with Crippen LogP contribution in [0.5, 0.6) is 0 Å². The topological polar surface area (TPSA) is 102 Å². The van der Waals surface area contributed by atoms with E-state index in [9.17, 15) is 13.2 Å². The fourth-order valence-corrected chi connectivity index (χ4v) is 2.87. The maximum atomic E-state index is 11.8. The smallest absolute Gasteiger partial charge is 0.224 e. The Balaban J connectivity index is 2.37. The van der Waals surface area contributed by atoms with Crippen LogP contribution in [0.3, 0.4) is 0 Å². The number of nitrogens with zero attached hydrogens (tertiary/aromatic N) is 1. The molecule has 1 aliphatic rings. The van der Waals surface area contributed by atoms with Crippen LogP contribution in [0.25, 0.3) is 0 Å². The van der Waals surface area contributed by atoms with Crippen molar-refractivity contribution in [2.24, 2.45) is 5.73 Å². The van der Waals surface area contributed by atoms with Crippen LogP contribution in [0.15, 0.2) is 0 Å². The van der Waals surface area contributed by atoms with Crippen molar-refractivity contribution in [1.29, 1.82) is 0 Å². The first-order chi connectivity index (χ1) is 8.84. The number of hydrogen-bond acceptors (Lipinski definition) is 5. The van der Waals surface area contributed by atoms with Gasteiger partial charge in [-0.25, -0.2) is 13.1 Å². The van der Waals surface area contributed by atoms with Crippen molar-refractivity contribution in [3.63, 3.8) is 0 Å². The Kier molecular flexibility index (Phi) is 6.11. The molecule has 110 valence electrons. The fraction of sp³-hybridized carbons (Fsp3) is 0.800. The van der Waals surface area contributed by atoms with Crippen molar-refractivity contribution >= 4 is 33.1 Å². The molecule has 0 bridgehead atoms. The summed E-state index contributed by atoms with van der Waals surface area (Å²) in [6.45, 7) is 3.61. The van der Waals surface area contributed by atoms with Crippen LogP contribution in [0.2, 0.25) is 0 Å². The lowest BCUT2D eigenvalue weighted by Gasteiger charge is -2.26. The van der Waals surface area contributed by atoms with Crippen molar-refractivity contribution in [2.75, 3.05) is 32.8 Å². The van der Waals surface area contributed by atoms with Crippen molar-refractivity contribution < 1.29 is 17.9 Å². The van der Waals surface area contributed by atoms with Crippen LogP contribution < -0.4 is 10.5 Å². The Bertz CT molecular complexity index is 432. The summed E-state index contributed by atoms with van der Waals surface area (Å²) in [6.07, 6.45) is 0.114. The van der Waals surface area contributed by atoms with Crippen LogP contribution in [0.1, 0.15) is 13.3 Å². The average Bonchev–Trinajstić information content (AvgIpc) is 2.38. The van der Waals surface area contributed by atoms with Gasteiger partial charge in [-0.3, -0.25) is 4.79 Å². The van der Waals surface area contributed by atoms with E-state index in [0.717, 1.165) is 0 Å². The second-order valence-electron chi connectivity index (χ2n) is 4.23. The number of thiocarbonyl (C=S) groups is 1. The van der Waals surface area contributed by atoms with Gasteiger partial charge in [0.15, 0.2) is 0 Å². The summed E-state index contributed by atoms with van der Waals surface area (Å²) in [7, 11) is -3.60. The molecule has 0 saturated carbocycles. The summed E-state index contributed by atoms with van der Waals surface area (Å²) < 4.78 is 30.9. The number of nitrogens with one attached hydrogen (secondary N) is 1. The highest BCUT2D eigenvalue weighted by atomic mass is 32.2. The number of carbonyl (C=O) groups excluding carboxylic acids is 1. The molecule has 0 aromatic heterocycles. The van der Waals surface area contributed by atoms with E-state index in [1.54, 1.807) is 4.90 Å². The van der Waals surface area contributed by atoms with Gasteiger partial charge in [0.25, 0.3) is 0 Å². The van der Waals surface area contributed by atoms with Crippen molar-refractivity contribution in [3.8, 4) is 0 Å². The van der Waals surface area contributed by atoms with Crippen LogP contribution in [0.4, 0.5) is 0 Å². The van der Waals surface area contributed by atoms with Crippen LogP contribution >= 0.6 is 12.2 Å². The van der Waals surface area contributed by atoms with E-state index in [1.807, 2.05) is 0 Å². The summed E-state index contributed by atoms with van der Waals surface area (Å²) in [5.41, 5.74) is 5.29. The molecular formula is C10H19N3O4S2. The highest BCUT2D eigenvalue weighted by Gasteiger charge is 2.23. The van der Waals surface area contributed by atoms with Crippen molar-refractivity contribution in [1.82, 2.24) is 9.62 Å². The minimum atomic E-state index is -3.60. The lowest BCUT2D eigenvalue weighted by molar-refractivity contribution is -0.135. The molecule has 1 rings (SSSR count). The van der Waals surface area contributed by atoms with Crippen molar-refractivity contribution in [2.45, 2.75) is 18.6 Å². The number of rotatable bonds is 6. The number of amides is 1. The van der Waals surface area contributed by atoms with Crippen molar-refractivity contribution in [3.05, 3.63) is 0 Å². The molecule has 0 aromatic carbocycles. The molecule has 1 heterocycles. The molecule has 1 atom stereocenters. The monoisotopic (exact) mass is 309 g/mol. The summed E-state index contributed by atoms with van der Waals surface area (Å²) in [6, 6.07) is 0. The van der Waals surface area contributed by atoms with Gasteiger partial charge in [-0.1, -0.05) is 12.2 Å². The number of sulfonamides is 1. The zero-order chi connectivity index (χ0) is 14.5. The molecular weight excluding hydrogens is 290 g/mol. The van der Waals surface area contributed by atoms with Gasteiger partial charge >= 0.3 is 0 Å². The van der Waals surface area contributed by atoms with Gasteiger partial charge in [-0.2, -0.15) is 0 Å². The first-order valence-corrected chi connectivity index (χ1v) is 7.93. The zero-order valence-corrected chi connectivity index (χ0v) is 12.4. The molecule has 7 nitrogen and oxygen atoms in total. The molecule has 9 heteroatoms. The van der Waals surface area contributed by atoms with Crippen LogP contribution in [-0.2, 0) is 19.6 Å². The van der Waals surface area contributed by atoms with E-state index in [0.29, 0.717) is 26.3 Å². The summed E-state index contributed by atoms with van der Waals surface area (Å²) >= 11 is 4.64. The van der Waals surface area contributed by atoms with Gasteiger partial charge in [0.05, 0.1) is 18.2 Å². The molecule has 0 aromatic rings. The average molecular weight is 309 g/mol. The summed E-state index contributed by atoms with van der Waals surface area (Å²) in [5.74, 6) is -0.0889. The minimum Gasteiger partial charge on any atom is -0.392 e. The van der Waals surface area contributed by atoms with E-state index < -0.39 is 15.3 Å². The van der Waals surface area contributed by atoms with Gasteiger partial charge in [0, 0.05) is 26.1 Å². The van der Waals surface area contributed by atoms with Gasteiger partial charge in [-0.05, 0) is 6.92 Å². The maximum Gasteiger partial charge on any atom is 0.224 e. The third kappa shape index (κ3) is 5.01. The number of nitrogens with two attached hydrogens (primary N) is 1. The van der Waals surface area contributed by atoms with Gasteiger partial charge in [-0.15, -0.1) is 0 Å². The van der Waals surface area contributed by atoms with E-state index in [1.165, 1.54) is 6.92 Å². The number of morpholine rings is 1. The molecule has 1 saturated heterocycles. The maximum absolute atomic E-state index is 11.8. The Morgan fingerprint density at radius 3 is 2.58 bits per heavy atom. The first-order valence-electron chi connectivity index (χ1n) is 5.98. The standard InChI is InChI=1S/C10H19N3O4S2/c1-8(10(11)18)19(15,16)12-3-2-9(14)13-4-6-17-7-5-13/h8,12H,2-7H2,1H3,(H2,11,18). The lowest BCUT2D eigenvalue weighted by atomic mass is 10.3. The van der Waals surface area contributed by atoms with E-state index >= 15 is 0 Å². The highest BCUT2D eigenvalue weighted by Crippen LogP contribution is 2.02. The van der Waals surface area contributed by atoms with Gasteiger partial charge < -0.3 is 15.4 Å². The highest BCUT2D eigenvalue weighted by molar-refractivity contribution is 7.93. The number of ether oxygens (including phenoxy) is 1. The fourth-order valence-electron chi connectivity index (χ4n) is 1.55. The first kappa shape index (κ1) is 16.3. The Hall–Kier alpha value is -0.770. The molecule has 19 heavy (non-hydrogen) atoms. The number of carbonyl (C=O) groups is 1. The van der Waals surface area contributed by atoms with E-state index in [-0.39, 0.29) is 23.9 Å². The quantitative estimate of drug-likeness (QED) is 0.600. The minimum absolute atomic E-state index is 0.0471. The molecule has 1 aliphatic heterocycles. The molecule has 1 fully saturated rings. The zero-order valence-electron chi connectivity index (χ0n) is 10.8.